The Hall–Kier alpha value is -2.67. The average molecular weight is 437 g/mol. The molecule has 2 fully saturated rings. The number of rotatable bonds is 4. The molecule has 6 nitrogen and oxygen atoms in total. The zero-order valence-electron chi connectivity index (χ0n) is 17.8. The van der Waals surface area contributed by atoms with Crippen molar-refractivity contribution >= 4 is 33.4 Å². The molecule has 2 amide bonds. The van der Waals surface area contributed by atoms with Gasteiger partial charge in [-0.05, 0) is 73.6 Å². The summed E-state index contributed by atoms with van der Waals surface area (Å²) in [6.07, 6.45) is 6.76. The molecule has 0 bridgehead atoms. The SMILES string of the molecule is Cc1ccc(CNC(=O)C2CCC3(CCN(C(=O)c4cc5sccc5[nH]4)CC3)C2)cn1. The van der Waals surface area contributed by atoms with Gasteiger partial charge in [-0.1, -0.05) is 6.07 Å². The zero-order valence-corrected chi connectivity index (χ0v) is 18.6. The number of carbonyl (C=O) groups is 2. The number of thiophene rings is 1. The van der Waals surface area contributed by atoms with E-state index in [0.29, 0.717) is 12.2 Å². The van der Waals surface area contributed by atoms with Crippen LogP contribution in [0.4, 0.5) is 0 Å². The van der Waals surface area contributed by atoms with E-state index in [1.165, 1.54) is 0 Å². The Morgan fingerprint density at radius 1 is 1.26 bits per heavy atom. The van der Waals surface area contributed by atoms with Gasteiger partial charge in [-0.3, -0.25) is 14.6 Å². The van der Waals surface area contributed by atoms with Crippen LogP contribution in [0.1, 0.15) is 53.8 Å². The molecule has 0 aromatic carbocycles. The summed E-state index contributed by atoms with van der Waals surface area (Å²) in [5.74, 6) is 0.329. The summed E-state index contributed by atoms with van der Waals surface area (Å²) in [7, 11) is 0. The van der Waals surface area contributed by atoms with Gasteiger partial charge in [-0.25, -0.2) is 0 Å². The van der Waals surface area contributed by atoms with E-state index in [1.54, 1.807) is 11.3 Å². The molecule has 1 saturated heterocycles. The molecule has 1 aliphatic carbocycles. The second-order valence-corrected chi connectivity index (χ2v) is 10.1. The normalized spacial score (nSPS) is 20.4. The van der Waals surface area contributed by atoms with E-state index in [-0.39, 0.29) is 23.1 Å². The van der Waals surface area contributed by atoms with Crippen molar-refractivity contribution in [2.24, 2.45) is 11.3 Å². The molecule has 1 aliphatic heterocycles. The molecule has 3 aromatic heterocycles. The number of hydrogen-bond acceptors (Lipinski definition) is 4. The molecule has 1 spiro atoms. The second kappa shape index (κ2) is 8.11. The molecular formula is C24H28N4O2S. The van der Waals surface area contributed by atoms with Gasteiger partial charge < -0.3 is 15.2 Å². The van der Waals surface area contributed by atoms with Crippen molar-refractivity contribution in [1.82, 2.24) is 20.2 Å². The van der Waals surface area contributed by atoms with Crippen LogP contribution in [0.5, 0.6) is 0 Å². The van der Waals surface area contributed by atoms with Crippen molar-refractivity contribution in [3.63, 3.8) is 0 Å². The topological polar surface area (TPSA) is 78.1 Å². The lowest BCUT2D eigenvalue weighted by Crippen LogP contribution is -2.42. The Labute approximate surface area is 186 Å². The Morgan fingerprint density at radius 2 is 2.10 bits per heavy atom. The first-order chi connectivity index (χ1) is 15.0. The summed E-state index contributed by atoms with van der Waals surface area (Å²) in [4.78, 5) is 35.2. The quantitative estimate of drug-likeness (QED) is 0.641. The van der Waals surface area contributed by atoms with Crippen LogP contribution >= 0.6 is 11.3 Å². The fourth-order valence-electron chi connectivity index (χ4n) is 5.14. The van der Waals surface area contributed by atoms with Gasteiger partial charge in [0.1, 0.15) is 5.69 Å². The lowest BCUT2D eigenvalue weighted by Gasteiger charge is -2.39. The highest BCUT2D eigenvalue weighted by Gasteiger charge is 2.44. The van der Waals surface area contributed by atoms with E-state index in [9.17, 15) is 9.59 Å². The molecule has 7 heteroatoms. The fourth-order valence-corrected chi connectivity index (χ4v) is 5.92. The van der Waals surface area contributed by atoms with Gasteiger partial charge in [0.15, 0.2) is 0 Å². The average Bonchev–Trinajstić information content (AvgIpc) is 3.49. The summed E-state index contributed by atoms with van der Waals surface area (Å²) in [5, 5.41) is 5.13. The van der Waals surface area contributed by atoms with E-state index in [1.807, 2.05) is 47.7 Å². The van der Waals surface area contributed by atoms with E-state index in [4.69, 9.17) is 0 Å². The molecule has 2 aliphatic rings. The maximum absolute atomic E-state index is 12.9. The number of carbonyl (C=O) groups excluding carboxylic acids is 2. The number of hydrogen-bond donors (Lipinski definition) is 2. The number of aromatic nitrogens is 2. The summed E-state index contributed by atoms with van der Waals surface area (Å²) in [6, 6.07) is 7.96. The minimum Gasteiger partial charge on any atom is -0.352 e. The number of aromatic amines is 1. The number of pyridine rings is 1. The highest BCUT2D eigenvalue weighted by atomic mass is 32.1. The Balaban J connectivity index is 1.14. The summed E-state index contributed by atoms with van der Waals surface area (Å²) >= 11 is 1.65. The van der Waals surface area contributed by atoms with Crippen LogP contribution in [0.3, 0.4) is 0 Å². The van der Waals surface area contributed by atoms with Crippen molar-refractivity contribution in [3.05, 3.63) is 52.8 Å². The first-order valence-corrected chi connectivity index (χ1v) is 11.9. The summed E-state index contributed by atoms with van der Waals surface area (Å²) in [5.41, 5.74) is 3.94. The molecule has 5 rings (SSSR count). The largest absolute Gasteiger partial charge is 0.352 e. The molecule has 31 heavy (non-hydrogen) atoms. The minimum absolute atomic E-state index is 0.0795. The van der Waals surface area contributed by atoms with E-state index < -0.39 is 0 Å². The monoisotopic (exact) mass is 436 g/mol. The van der Waals surface area contributed by atoms with Gasteiger partial charge in [0.05, 0.1) is 10.2 Å². The predicted octanol–water partition coefficient (Wildman–Crippen LogP) is 4.27. The highest BCUT2D eigenvalue weighted by molar-refractivity contribution is 7.17. The molecule has 1 saturated carbocycles. The lowest BCUT2D eigenvalue weighted by atomic mass is 9.76. The molecule has 3 aromatic rings. The Bertz CT molecular complexity index is 1060. The molecule has 2 N–H and O–H groups in total. The number of piperidine rings is 1. The molecule has 1 atom stereocenters. The molecule has 1 unspecified atom stereocenters. The standard InChI is InChI=1S/C24H28N4O2S/c1-16-2-3-17(14-25-16)15-26-22(29)18-4-6-24(13-18)7-9-28(10-8-24)23(30)20-12-21-19(27-20)5-11-31-21/h2-3,5,11-12,14,18,27H,4,6-10,13,15H2,1H3,(H,26,29). The third kappa shape index (κ3) is 4.11. The zero-order chi connectivity index (χ0) is 21.4. The van der Waals surface area contributed by atoms with Crippen molar-refractivity contribution in [2.45, 2.75) is 45.6 Å². The fraction of sp³-hybridized carbons (Fsp3) is 0.458. The van der Waals surface area contributed by atoms with Crippen LogP contribution in [0.2, 0.25) is 0 Å². The number of H-pyrrole nitrogens is 1. The Morgan fingerprint density at radius 3 is 2.84 bits per heavy atom. The third-order valence-electron chi connectivity index (χ3n) is 7.09. The van der Waals surface area contributed by atoms with Crippen molar-refractivity contribution in [1.29, 1.82) is 0 Å². The van der Waals surface area contributed by atoms with Crippen molar-refractivity contribution in [2.75, 3.05) is 13.1 Å². The highest BCUT2D eigenvalue weighted by Crippen LogP contribution is 2.49. The van der Waals surface area contributed by atoms with Crippen LogP contribution in [-0.2, 0) is 11.3 Å². The molecule has 4 heterocycles. The number of likely N-dealkylation sites (tertiary alicyclic amines) is 1. The number of amides is 2. The lowest BCUT2D eigenvalue weighted by molar-refractivity contribution is -0.125. The summed E-state index contributed by atoms with van der Waals surface area (Å²) < 4.78 is 1.13. The van der Waals surface area contributed by atoms with Crippen LogP contribution in [-0.4, -0.2) is 39.8 Å². The van der Waals surface area contributed by atoms with Gasteiger partial charge in [0, 0.05) is 37.4 Å². The van der Waals surface area contributed by atoms with Crippen LogP contribution in [0.15, 0.2) is 35.8 Å². The van der Waals surface area contributed by atoms with Crippen LogP contribution < -0.4 is 5.32 Å². The summed E-state index contributed by atoms with van der Waals surface area (Å²) in [6.45, 7) is 4.04. The second-order valence-electron chi connectivity index (χ2n) is 9.14. The van der Waals surface area contributed by atoms with Crippen molar-refractivity contribution < 1.29 is 9.59 Å². The minimum atomic E-state index is 0.0795. The molecular weight excluding hydrogens is 408 g/mol. The molecule has 162 valence electrons. The first-order valence-electron chi connectivity index (χ1n) is 11.1. The maximum atomic E-state index is 12.9. The van der Waals surface area contributed by atoms with Crippen LogP contribution in [0, 0.1) is 18.3 Å². The third-order valence-corrected chi connectivity index (χ3v) is 7.96. The van der Waals surface area contributed by atoms with E-state index >= 15 is 0 Å². The number of nitrogens with zero attached hydrogens (tertiary/aromatic N) is 2. The Kier molecular flexibility index (Phi) is 5.30. The first kappa shape index (κ1) is 20.2. The van der Waals surface area contributed by atoms with Gasteiger partial charge in [-0.15, -0.1) is 11.3 Å². The van der Waals surface area contributed by atoms with Crippen LogP contribution in [0.25, 0.3) is 10.2 Å². The van der Waals surface area contributed by atoms with Gasteiger partial charge >= 0.3 is 0 Å². The van der Waals surface area contributed by atoms with Gasteiger partial charge in [0.25, 0.3) is 5.91 Å². The number of aryl methyl sites for hydroxylation is 1. The number of fused-ring (bicyclic) bond motifs is 1. The smallest absolute Gasteiger partial charge is 0.270 e. The van der Waals surface area contributed by atoms with E-state index in [2.05, 4.69) is 15.3 Å². The predicted molar refractivity (Wildman–Crippen MR) is 122 cm³/mol. The molecule has 0 radical (unpaired) electrons. The van der Waals surface area contributed by atoms with E-state index in [0.717, 1.165) is 66.7 Å². The van der Waals surface area contributed by atoms with Gasteiger partial charge in [-0.2, -0.15) is 0 Å². The number of nitrogens with one attached hydrogen (secondary N) is 2. The maximum Gasteiger partial charge on any atom is 0.270 e. The van der Waals surface area contributed by atoms with Crippen molar-refractivity contribution in [3.8, 4) is 0 Å². The van der Waals surface area contributed by atoms with Gasteiger partial charge in [0.2, 0.25) is 5.91 Å².